The quantitative estimate of drug-likeness (QED) is 0.170. The van der Waals surface area contributed by atoms with Crippen LogP contribution < -0.4 is 4.90 Å². The minimum atomic E-state index is 0.903. The molecule has 11 rings (SSSR count). The van der Waals surface area contributed by atoms with Crippen LogP contribution in [0.15, 0.2) is 205 Å². The lowest BCUT2D eigenvalue weighted by Gasteiger charge is -2.28. The van der Waals surface area contributed by atoms with Crippen LogP contribution in [0.4, 0.5) is 17.1 Å². The number of thiophene rings is 1. The molecule has 0 aliphatic rings. The Morgan fingerprint density at radius 3 is 1.80 bits per heavy atom. The highest BCUT2D eigenvalue weighted by Crippen LogP contribution is 2.46. The Morgan fingerprint density at radius 2 is 0.945 bits per heavy atom. The average molecular weight is 720 g/mol. The summed E-state index contributed by atoms with van der Waals surface area (Å²) in [7, 11) is 0. The Bertz CT molecular complexity index is 3200. The van der Waals surface area contributed by atoms with Crippen molar-refractivity contribution in [2.75, 3.05) is 4.90 Å². The van der Waals surface area contributed by atoms with Crippen LogP contribution in [0.2, 0.25) is 0 Å². The van der Waals surface area contributed by atoms with Crippen molar-refractivity contribution >= 4 is 81.3 Å². The van der Waals surface area contributed by atoms with Gasteiger partial charge in [-0.15, -0.1) is 11.3 Å². The summed E-state index contributed by atoms with van der Waals surface area (Å²) in [4.78, 5) is 2.40. The lowest BCUT2D eigenvalue weighted by molar-refractivity contribution is 0.669. The molecule has 3 heteroatoms. The van der Waals surface area contributed by atoms with Crippen molar-refractivity contribution in [1.29, 1.82) is 0 Å². The van der Waals surface area contributed by atoms with Gasteiger partial charge in [0.25, 0.3) is 0 Å². The molecule has 2 aromatic heterocycles. The number of rotatable bonds is 6. The van der Waals surface area contributed by atoms with Crippen molar-refractivity contribution < 1.29 is 4.42 Å². The summed E-state index contributed by atoms with van der Waals surface area (Å²) < 4.78 is 8.86. The van der Waals surface area contributed by atoms with Crippen molar-refractivity contribution in [2.45, 2.75) is 0 Å². The van der Waals surface area contributed by atoms with E-state index in [0.29, 0.717) is 0 Å². The topological polar surface area (TPSA) is 16.4 Å². The third-order valence-corrected chi connectivity index (χ3v) is 12.0. The number of furan rings is 1. The summed E-state index contributed by atoms with van der Waals surface area (Å²) in [5.74, 6) is 0. The Balaban J connectivity index is 1.06. The molecule has 11 aromatic rings. The third kappa shape index (κ3) is 5.32. The highest BCUT2D eigenvalue weighted by molar-refractivity contribution is 7.25. The fraction of sp³-hybridized carbons (Fsp3) is 0. The van der Waals surface area contributed by atoms with Crippen molar-refractivity contribution in [3.8, 4) is 33.4 Å². The summed E-state index contributed by atoms with van der Waals surface area (Å²) in [5.41, 5.74) is 12.2. The first-order valence-electron chi connectivity index (χ1n) is 18.7. The molecule has 0 unspecified atom stereocenters. The predicted molar refractivity (Wildman–Crippen MR) is 235 cm³/mol. The van der Waals surface area contributed by atoms with Gasteiger partial charge in [-0.2, -0.15) is 0 Å². The first-order valence-corrected chi connectivity index (χ1v) is 19.5. The molecule has 0 N–H and O–H groups in total. The molecule has 55 heavy (non-hydrogen) atoms. The molecule has 0 bridgehead atoms. The van der Waals surface area contributed by atoms with Gasteiger partial charge in [0.05, 0.1) is 5.69 Å². The van der Waals surface area contributed by atoms with Crippen LogP contribution in [-0.4, -0.2) is 0 Å². The van der Waals surface area contributed by atoms with E-state index < -0.39 is 0 Å². The number of benzene rings is 9. The van der Waals surface area contributed by atoms with E-state index in [1.165, 1.54) is 53.2 Å². The maximum atomic E-state index is 6.26. The summed E-state index contributed by atoms with van der Waals surface area (Å²) in [6, 6.07) is 72.3. The smallest absolute Gasteiger partial charge is 0.136 e. The van der Waals surface area contributed by atoms with Crippen LogP contribution in [0, 0.1) is 0 Å². The van der Waals surface area contributed by atoms with Crippen molar-refractivity contribution in [3.05, 3.63) is 200 Å². The SMILES string of the molecule is c1ccc(N(c2ccc(-c3ccc4c(c3)oc3ccccc34)cc2)c2ccc(-c3cccc4ccccc34)cc2)c(-c2cccc3sc4ccccc4c23)c1. The van der Waals surface area contributed by atoms with E-state index in [0.717, 1.165) is 50.1 Å². The van der Waals surface area contributed by atoms with Crippen molar-refractivity contribution in [2.24, 2.45) is 0 Å². The van der Waals surface area contributed by atoms with Crippen molar-refractivity contribution in [1.82, 2.24) is 0 Å². The molecule has 0 radical (unpaired) electrons. The van der Waals surface area contributed by atoms with E-state index in [2.05, 4.69) is 193 Å². The van der Waals surface area contributed by atoms with Crippen LogP contribution in [0.1, 0.15) is 0 Å². The second-order valence-electron chi connectivity index (χ2n) is 14.1. The minimum absolute atomic E-state index is 0.903. The zero-order valence-electron chi connectivity index (χ0n) is 29.8. The summed E-state index contributed by atoms with van der Waals surface area (Å²) in [5, 5.41) is 7.38. The largest absolute Gasteiger partial charge is 0.456 e. The van der Waals surface area contributed by atoms with Gasteiger partial charge < -0.3 is 9.32 Å². The molecular weight excluding hydrogens is 687 g/mol. The lowest BCUT2D eigenvalue weighted by atomic mass is 9.96. The van der Waals surface area contributed by atoms with Crippen LogP contribution in [0.3, 0.4) is 0 Å². The molecule has 0 atom stereocenters. The molecule has 2 heterocycles. The van der Waals surface area contributed by atoms with Gasteiger partial charge in [-0.25, -0.2) is 0 Å². The molecule has 9 aromatic carbocycles. The zero-order valence-corrected chi connectivity index (χ0v) is 30.6. The maximum Gasteiger partial charge on any atom is 0.136 e. The Labute approximate surface area is 322 Å². The summed E-state index contributed by atoms with van der Waals surface area (Å²) >= 11 is 1.86. The van der Waals surface area contributed by atoms with Gasteiger partial charge in [0.15, 0.2) is 0 Å². The molecule has 0 amide bonds. The minimum Gasteiger partial charge on any atom is -0.456 e. The second kappa shape index (κ2) is 12.9. The van der Waals surface area contributed by atoms with Crippen molar-refractivity contribution in [3.63, 3.8) is 0 Å². The van der Waals surface area contributed by atoms with Gasteiger partial charge in [0.1, 0.15) is 11.2 Å². The summed E-state index contributed by atoms with van der Waals surface area (Å²) in [6.07, 6.45) is 0. The molecule has 0 fully saturated rings. The van der Waals surface area contributed by atoms with Gasteiger partial charge in [-0.1, -0.05) is 140 Å². The number of nitrogens with zero attached hydrogens (tertiary/aromatic N) is 1. The van der Waals surface area contributed by atoms with E-state index in [-0.39, 0.29) is 0 Å². The second-order valence-corrected chi connectivity index (χ2v) is 15.1. The third-order valence-electron chi connectivity index (χ3n) is 10.9. The zero-order chi connectivity index (χ0) is 36.3. The molecule has 0 saturated carbocycles. The Morgan fingerprint density at radius 1 is 0.364 bits per heavy atom. The lowest BCUT2D eigenvalue weighted by Crippen LogP contribution is -2.11. The molecule has 0 aliphatic carbocycles. The van der Waals surface area contributed by atoms with E-state index >= 15 is 0 Å². The first kappa shape index (κ1) is 31.6. The predicted octanol–water partition coefficient (Wildman–Crippen LogP) is 15.6. The van der Waals surface area contributed by atoms with E-state index in [1.807, 2.05) is 23.5 Å². The molecule has 2 nitrogen and oxygen atoms in total. The van der Waals surface area contributed by atoms with Gasteiger partial charge in [-0.05, 0) is 99.3 Å². The molecule has 0 aliphatic heterocycles. The number of anilines is 3. The molecule has 0 spiro atoms. The van der Waals surface area contributed by atoms with Crippen LogP contribution >= 0.6 is 11.3 Å². The van der Waals surface area contributed by atoms with Gasteiger partial charge >= 0.3 is 0 Å². The number of hydrogen-bond donors (Lipinski definition) is 0. The van der Waals surface area contributed by atoms with Gasteiger partial charge in [0, 0.05) is 47.9 Å². The van der Waals surface area contributed by atoms with Crippen LogP contribution in [0.5, 0.6) is 0 Å². The fourth-order valence-electron chi connectivity index (χ4n) is 8.30. The first-order chi connectivity index (χ1) is 27.3. The molecule has 0 saturated heterocycles. The number of hydrogen-bond acceptors (Lipinski definition) is 3. The van der Waals surface area contributed by atoms with E-state index in [1.54, 1.807) is 0 Å². The van der Waals surface area contributed by atoms with E-state index in [9.17, 15) is 0 Å². The molecule has 258 valence electrons. The number of fused-ring (bicyclic) bond motifs is 7. The highest BCUT2D eigenvalue weighted by atomic mass is 32.1. The average Bonchev–Trinajstić information content (AvgIpc) is 3.83. The van der Waals surface area contributed by atoms with Gasteiger partial charge in [-0.3, -0.25) is 0 Å². The van der Waals surface area contributed by atoms with Crippen LogP contribution in [0.25, 0.3) is 86.3 Å². The monoisotopic (exact) mass is 719 g/mol. The summed E-state index contributed by atoms with van der Waals surface area (Å²) in [6.45, 7) is 0. The standard InChI is InChI=1S/C52H33NOS/c1-2-13-40-35(11-1)12-9-17-41(40)36-25-30-39(31-26-36)53(38-28-23-34(24-29-38)37-27-32-44-43-15-4-7-20-48(43)54-49(44)33-37)47-19-6-3-14-42(47)45-18-10-22-51-52(45)46-16-5-8-21-50(46)55-51/h1-33H. The van der Waals surface area contributed by atoms with Crippen LogP contribution in [-0.2, 0) is 0 Å². The maximum absolute atomic E-state index is 6.26. The normalized spacial score (nSPS) is 11.6. The Kier molecular flexibility index (Phi) is 7.39. The van der Waals surface area contributed by atoms with Gasteiger partial charge in [0.2, 0.25) is 0 Å². The highest BCUT2D eigenvalue weighted by Gasteiger charge is 2.20. The molecular formula is C52H33NOS. The Hall–Kier alpha value is -6.94. The number of para-hydroxylation sites is 2. The fourth-order valence-corrected chi connectivity index (χ4v) is 9.43. The van der Waals surface area contributed by atoms with E-state index in [4.69, 9.17) is 4.42 Å².